The van der Waals surface area contributed by atoms with Gasteiger partial charge in [-0.3, -0.25) is 4.79 Å². The molecule has 1 aromatic rings. The summed E-state index contributed by atoms with van der Waals surface area (Å²) in [7, 11) is 0. The highest BCUT2D eigenvalue weighted by molar-refractivity contribution is 8.00. The van der Waals surface area contributed by atoms with Crippen molar-refractivity contribution in [3.05, 3.63) is 22.9 Å². The Labute approximate surface area is 129 Å². The van der Waals surface area contributed by atoms with E-state index in [9.17, 15) is 10.1 Å². The maximum Gasteiger partial charge on any atom is 0.319 e. The van der Waals surface area contributed by atoms with Crippen molar-refractivity contribution in [1.29, 1.82) is 5.26 Å². The van der Waals surface area contributed by atoms with Crippen LogP contribution in [-0.4, -0.2) is 36.0 Å². The Bertz CT molecular complexity index is 540. The van der Waals surface area contributed by atoms with Gasteiger partial charge in [0.25, 0.3) is 0 Å². The lowest BCUT2D eigenvalue weighted by Crippen LogP contribution is -2.19. The van der Waals surface area contributed by atoms with Gasteiger partial charge in [-0.2, -0.15) is 5.26 Å². The zero-order valence-electron chi connectivity index (χ0n) is 12.8. The van der Waals surface area contributed by atoms with Crippen molar-refractivity contribution < 1.29 is 14.3 Å². The summed E-state index contributed by atoms with van der Waals surface area (Å²) in [5.74, 6) is -0.329. The monoisotopic (exact) mass is 308 g/mol. The van der Waals surface area contributed by atoms with Gasteiger partial charge in [0.1, 0.15) is 23.0 Å². The molecule has 0 saturated carbocycles. The number of rotatable bonds is 7. The maximum atomic E-state index is 11.9. The molecule has 6 heteroatoms. The van der Waals surface area contributed by atoms with Crippen LogP contribution in [0.25, 0.3) is 0 Å². The van der Waals surface area contributed by atoms with E-state index in [-0.39, 0.29) is 12.6 Å². The minimum absolute atomic E-state index is 0.239. The Morgan fingerprint density at radius 1 is 1.48 bits per heavy atom. The molecule has 0 radical (unpaired) electrons. The van der Waals surface area contributed by atoms with Gasteiger partial charge in [-0.25, -0.2) is 4.98 Å². The van der Waals surface area contributed by atoms with E-state index in [0.29, 0.717) is 23.8 Å². The van der Waals surface area contributed by atoms with Gasteiger partial charge in [0.05, 0.1) is 12.2 Å². The second kappa shape index (κ2) is 8.65. The van der Waals surface area contributed by atoms with E-state index in [4.69, 9.17) is 9.47 Å². The molecular formula is C15H20N2O3S. The van der Waals surface area contributed by atoms with Crippen molar-refractivity contribution in [2.45, 2.75) is 38.0 Å². The fraction of sp³-hybridized carbons (Fsp3) is 0.533. The summed E-state index contributed by atoms with van der Waals surface area (Å²) in [5, 5.41) is 9.36. The number of aryl methyl sites for hydroxylation is 2. The Balaban J connectivity index is 2.68. The molecule has 0 spiro atoms. The van der Waals surface area contributed by atoms with Crippen molar-refractivity contribution in [3.8, 4) is 6.07 Å². The van der Waals surface area contributed by atoms with Gasteiger partial charge < -0.3 is 9.47 Å². The third kappa shape index (κ3) is 5.37. The van der Waals surface area contributed by atoms with Crippen LogP contribution in [0.2, 0.25) is 0 Å². The van der Waals surface area contributed by atoms with Crippen LogP contribution in [0.1, 0.15) is 30.7 Å². The number of carbonyl (C=O) groups excluding carboxylic acids is 1. The predicted octanol–water partition coefficient (Wildman–Crippen LogP) is 2.63. The molecule has 1 unspecified atom stereocenters. The Kier molecular flexibility index (Phi) is 7.20. The van der Waals surface area contributed by atoms with Crippen molar-refractivity contribution in [1.82, 2.24) is 4.98 Å². The quantitative estimate of drug-likeness (QED) is 0.438. The maximum absolute atomic E-state index is 11.9. The standard InChI is InChI=1S/C15H20N2O3S/c1-5-19-6-7-20-15(18)12(4)21-14-13(9-16)10(2)8-11(3)17-14/h8,12H,5-7H2,1-4H3. The lowest BCUT2D eigenvalue weighted by Gasteiger charge is -2.13. The zero-order chi connectivity index (χ0) is 15.8. The van der Waals surface area contributed by atoms with E-state index in [0.717, 1.165) is 11.3 Å². The van der Waals surface area contributed by atoms with Crippen LogP contribution in [-0.2, 0) is 14.3 Å². The van der Waals surface area contributed by atoms with E-state index >= 15 is 0 Å². The van der Waals surface area contributed by atoms with Gasteiger partial charge in [0.15, 0.2) is 0 Å². The summed E-state index contributed by atoms with van der Waals surface area (Å²) in [4.78, 5) is 16.2. The van der Waals surface area contributed by atoms with E-state index < -0.39 is 5.25 Å². The van der Waals surface area contributed by atoms with Crippen LogP contribution in [0.3, 0.4) is 0 Å². The fourth-order valence-corrected chi connectivity index (χ4v) is 2.72. The highest BCUT2D eigenvalue weighted by Crippen LogP contribution is 2.27. The highest BCUT2D eigenvalue weighted by atomic mass is 32.2. The second-order valence-electron chi connectivity index (χ2n) is 4.50. The van der Waals surface area contributed by atoms with Gasteiger partial charge in [-0.1, -0.05) is 11.8 Å². The number of nitriles is 1. The van der Waals surface area contributed by atoms with Crippen LogP contribution in [0.15, 0.2) is 11.1 Å². The first-order valence-electron chi connectivity index (χ1n) is 6.79. The molecule has 0 fully saturated rings. The number of aromatic nitrogens is 1. The molecule has 0 aromatic carbocycles. The summed E-state index contributed by atoms with van der Waals surface area (Å²) < 4.78 is 10.2. The molecule has 0 amide bonds. The van der Waals surface area contributed by atoms with Gasteiger partial charge >= 0.3 is 5.97 Å². The summed E-state index contributed by atoms with van der Waals surface area (Å²) in [5.41, 5.74) is 2.20. The van der Waals surface area contributed by atoms with Crippen LogP contribution < -0.4 is 0 Å². The Morgan fingerprint density at radius 3 is 2.81 bits per heavy atom. The molecule has 0 aliphatic rings. The molecule has 0 aliphatic carbocycles. The normalized spacial score (nSPS) is 11.8. The number of hydrogen-bond donors (Lipinski definition) is 0. The minimum atomic E-state index is -0.424. The SMILES string of the molecule is CCOCCOC(=O)C(C)Sc1nc(C)cc(C)c1C#N. The fourth-order valence-electron chi connectivity index (χ4n) is 1.70. The van der Waals surface area contributed by atoms with Crippen molar-refractivity contribution in [3.63, 3.8) is 0 Å². The van der Waals surface area contributed by atoms with Crippen molar-refractivity contribution >= 4 is 17.7 Å². The molecule has 114 valence electrons. The summed E-state index contributed by atoms with van der Waals surface area (Å²) in [6, 6.07) is 3.99. The molecule has 1 aromatic heterocycles. The minimum Gasteiger partial charge on any atom is -0.462 e. The molecule has 1 heterocycles. The third-order valence-corrected chi connectivity index (χ3v) is 3.78. The number of nitrogens with zero attached hydrogens (tertiary/aromatic N) is 2. The molecule has 0 bridgehead atoms. The second-order valence-corrected chi connectivity index (χ2v) is 5.83. The lowest BCUT2D eigenvalue weighted by molar-refractivity contribution is -0.144. The van der Waals surface area contributed by atoms with E-state index in [1.807, 2.05) is 26.8 Å². The topological polar surface area (TPSA) is 72.2 Å². The van der Waals surface area contributed by atoms with Gasteiger partial charge in [-0.15, -0.1) is 0 Å². The smallest absolute Gasteiger partial charge is 0.319 e. The van der Waals surface area contributed by atoms with Crippen LogP contribution in [0.4, 0.5) is 0 Å². The Morgan fingerprint density at radius 2 is 2.19 bits per heavy atom. The largest absolute Gasteiger partial charge is 0.462 e. The van der Waals surface area contributed by atoms with Gasteiger partial charge in [0, 0.05) is 12.3 Å². The van der Waals surface area contributed by atoms with Crippen molar-refractivity contribution in [2.24, 2.45) is 0 Å². The molecule has 1 atom stereocenters. The van der Waals surface area contributed by atoms with Gasteiger partial charge in [-0.05, 0) is 39.3 Å². The first-order chi connectivity index (χ1) is 9.99. The molecule has 0 N–H and O–H groups in total. The van der Waals surface area contributed by atoms with Crippen molar-refractivity contribution in [2.75, 3.05) is 19.8 Å². The number of pyridine rings is 1. The molecule has 5 nitrogen and oxygen atoms in total. The van der Waals surface area contributed by atoms with Crippen LogP contribution in [0.5, 0.6) is 0 Å². The number of ether oxygens (including phenoxy) is 2. The third-order valence-electron chi connectivity index (χ3n) is 2.72. The molecule has 0 saturated heterocycles. The van der Waals surface area contributed by atoms with Crippen LogP contribution >= 0.6 is 11.8 Å². The molecule has 1 rings (SSSR count). The average Bonchev–Trinajstić information content (AvgIpc) is 2.43. The lowest BCUT2D eigenvalue weighted by atomic mass is 10.1. The number of carbonyl (C=O) groups is 1. The summed E-state index contributed by atoms with van der Waals surface area (Å²) >= 11 is 1.25. The first kappa shape index (κ1) is 17.5. The Hall–Kier alpha value is -1.58. The highest BCUT2D eigenvalue weighted by Gasteiger charge is 2.19. The van der Waals surface area contributed by atoms with E-state index in [1.54, 1.807) is 6.92 Å². The average molecular weight is 308 g/mol. The molecule has 21 heavy (non-hydrogen) atoms. The number of hydrogen-bond acceptors (Lipinski definition) is 6. The number of esters is 1. The molecular weight excluding hydrogens is 288 g/mol. The number of thioether (sulfide) groups is 1. The zero-order valence-corrected chi connectivity index (χ0v) is 13.6. The van der Waals surface area contributed by atoms with E-state index in [1.165, 1.54) is 11.8 Å². The molecule has 0 aliphatic heterocycles. The predicted molar refractivity (Wildman–Crippen MR) is 81.2 cm³/mol. The first-order valence-corrected chi connectivity index (χ1v) is 7.67. The summed E-state index contributed by atoms with van der Waals surface area (Å²) in [6.45, 7) is 8.59. The van der Waals surface area contributed by atoms with Crippen LogP contribution in [0, 0.1) is 25.2 Å². The van der Waals surface area contributed by atoms with Gasteiger partial charge in [0.2, 0.25) is 0 Å². The van der Waals surface area contributed by atoms with E-state index in [2.05, 4.69) is 11.1 Å². The summed E-state index contributed by atoms with van der Waals surface area (Å²) in [6.07, 6.45) is 0.